The van der Waals surface area contributed by atoms with Crippen LogP contribution >= 0.6 is 15.9 Å². The van der Waals surface area contributed by atoms with E-state index in [1.54, 1.807) is 33.0 Å². The van der Waals surface area contributed by atoms with Gasteiger partial charge >= 0.3 is 12.2 Å². The number of halogens is 1. The molecule has 186 valence electrons. The Balaban J connectivity index is 1.50. The van der Waals surface area contributed by atoms with E-state index in [4.69, 9.17) is 9.47 Å². The number of rotatable bonds is 6. The van der Waals surface area contributed by atoms with E-state index >= 15 is 0 Å². The number of carbonyl (C=O) groups is 2. The van der Waals surface area contributed by atoms with Crippen LogP contribution in [0.5, 0.6) is 0 Å². The monoisotopic (exact) mass is 537 g/mol. The fraction of sp³-hybridized carbons (Fsp3) is 0.652. The molecule has 0 radical (unpaired) electrons. The zero-order chi connectivity index (χ0) is 24.7. The minimum absolute atomic E-state index is 0.0250. The largest absolute Gasteiger partial charge is 0.509 e. The molecule has 0 aliphatic heterocycles. The zero-order valence-corrected chi connectivity index (χ0v) is 21.6. The van der Waals surface area contributed by atoms with Crippen LogP contribution < -0.4 is 10.2 Å². The molecule has 2 heterocycles. The van der Waals surface area contributed by atoms with Gasteiger partial charge in [0.1, 0.15) is 22.8 Å². The third-order valence-corrected chi connectivity index (χ3v) is 6.78. The molecule has 2 N–H and O–H groups in total. The molecule has 2 aliphatic rings. The molecular weight excluding hydrogens is 506 g/mol. The first-order chi connectivity index (χ1) is 15.9. The highest BCUT2D eigenvalue weighted by atomic mass is 79.9. The van der Waals surface area contributed by atoms with Crippen LogP contribution in [0.1, 0.15) is 66.2 Å². The maximum atomic E-state index is 12.3. The average Bonchev–Trinajstić information content (AvgIpc) is 3.32. The lowest BCUT2D eigenvalue weighted by Gasteiger charge is -2.45. The number of carboxylic acid groups (broad SMARTS) is 1. The summed E-state index contributed by atoms with van der Waals surface area (Å²) in [5.74, 6) is 1.08. The van der Waals surface area contributed by atoms with Gasteiger partial charge in [-0.25, -0.2) is 14.6 Å². The standard InChI is InChI=1S/C23H32BrN5O5/c1-22(2,3)33-21(32)34-23(4)10-14(11-23)13-28(20(30)31)18-9-17(26-15-7-5-6-8-15)27-19-16(24)12-25-29(18)19/h9,12,14-15H,5-8,10-11,13H2,1-4H3,(H,26,27)(H,30,31)/t14-,23+. The lowest BCUT2D eigenvalue weighted by Crippen LogP contribution is -2.50. The minimum Gasteiger partial charge on any atom is -0.465 e. The first kappa shape index (κ1) is 24.6. The number of aromatic nitrogens is 3. The summed E-state index contributed by atoms with van der Waals surface area (Å²) in [6, 6.07) is 2.08. The van der Waals surface area contributed by atoms with E-state index in [-0.39, 0.29) is 12.5 Å². The van der Waals surface area contributed by atoms with Gasteiger partial charge in [-0.2, -0.15) is 9.61 Å². The highest BCUT2D eigenvalue weighted by Gasteiger charge is 2.46. The molecule has 2 saturated carbocycles. The molecule has 0 bridgehead atoms. The molecular formula is C23H32BrN5O5. The van der Waals surface area contributed by atoms with Gasteiger partial charge < -0.3 is 19.9 Å². The summed E-state index contributed by atoms with van der Waals surface area (Å²) < 4.78 is 13.0. The molecule has 2 fully saturated rings. The molecule has 2 aromatic heterocycles. The van der Waals surface area contributed by atoms with Crippen LogP contribution in [0, 0.1) is 5.92 Å². The van der Waals surface area contributed by atoms with Crippen LogP contribution in [0.3, 0.4) is 0 Å². The summed E-state index contributed by atoms with van der Waals surface area (Å²) in [4.78, 5) is 30.3. The topological polar surface area (TPSA) is 118 Å². The van der Waals surface area contributed by atoms with Crippen molar-refractivity contribution < 1.29 is 24.2 Å². The number of hydrogen-bond donors (Lipinski definition) is 2. The predicted molar refractivity (Wildman–Crippen MR) is 130 cm³/mol. The molecule has 1 amide bonds. The van der Waals surface area contributed by atoms with Gasteiger partial charge in [0.25, 0.3) is 0 Å². The third kappa shape index (κ3) is 5.56. The van der Waals surface area contributed by atoms with Gasteiger partial charge in [0, 0.05) is 18.7 Å². The van der Waals surface area contributed by atoms with E-state index in [1.807, 2.05) is 6.92 Å². The van der Waals surface area contributed by atoms with E-state index in [9.17, 15) is 14.7 Å². The second kappa shape index (κ2) is 9.24. The number of ether oxygens (including phenoxy) is 2. The molecule has 34 heavy (non-hydrogen) atoms. The van der Waals surface area contributed by atoms with Crippen molar-refractivity contribution >= 4 is 45.5 Å². The van der Waals surface area contributed by atoms with Crippen LogP contribution in [-0.4, -0.2) is 55.7 Å². The van der Waals surface area contributed by atoms with Gasteiger partial charge in [0.05, 0.1) is 10.7 Å². The second-order valence-electron chi connectivity index (χ2n) is 10.5. The van der Waals surface area contributed by atoms with E-state index in [0.717, 1.165) is 12.8 Å². The number of nitrogens with zero attached hydrogens (tertiary/aromatic N) is 4. The van der Waals surface area contributed by atoms with Gasteiger partial charge in [-0.3, -0.25) is 4.90 Å². The molecule has 4 rings (SSSR count). The van der Waals surface area contributed by atoms with Crippen molar-refractivity contribution in [2.45, 2.75) is 83.5 Å². The van der Waals surface area contributed by atoms with Crippen LogP contribution in [0.15, 0.2) is 16.7 Å². The van der Waals surface area contributed by atoms with E-state index < -0.39 is 23.5 Å². The fourth-order valence-corrected chi connectivity index (χ4v) is 5.19. The van der Waals surface area contributed by atoms with Gasteiger partial charge in [0.2, 0.25) is 0 Å². The van der Waals surface area contributed by atoms with Crippen molar-refractivity contribution in [3.63, 3.8) is 0 Å². The number of hydrogen-bond acceptors (Lipinski definition) is 7. The summed E-state index contributed by atoms with van der Waals surface area (Å²) >= 11 is 3.47. The summed E-state index contributed by atoms with van der Waals surface area (Å²) in [7, 11) is 0. The Kier molecular flexibility index (Phi) is 6.67. The summed E-state index contributed by atoms with van der Waals surface area (Å²) in [6.45, 7) is 7.44. The molecule has 0 atom stereocenters. The quantitative estimate of drug-likeness (QED) is 0.466. The second-order valence-corrected chi connectivity index (χ2v) is 11.4. The van der Waals surface area contributed by atoms with Crippen molar-refractivity contribution in [1.82, 2.24) is 14.6 Å². The molecule has 10 nitrogen and oxygen atoms in total. The summed E-state index contributed by atoms with van der Waals surface area (Å²) in [6.07, 6.45) is 5.41. The number of carbonyl (C=O) groups excluding carboxylic acids is 1. The van der Waals surface area contributed by atoms with E-state index in [0.29, 0.717) is 40.6 Å². The molecule has 0 unspecified atom stereocenters. The van der Waals surface area contributed by atoms with Crippen LogP contribution in [-0.2, 0) is 9.47 Å². The van der Waals surface area contributed by atoms with Crippen molar-refractivity contribution in [2.24, 2.45) is 5.92 Å². The molecule has 2 aliphatic carbocycles. The molecule has 0 saturated heterocycles. The average molecular weight is 538 g/mol. The van der Waals surface area contributed by atoms with Crippen molar-refractivity contribution in [2.75, 3.05) is 16.8 Å². The SMILES string of the molecule is CC(C)(C)OC(=O)O[C@]1(C)C[C@H](CN(C(=O)O)c2cc(NC3CCCC3)nc3c(Br)cnn23)C1. The van der Waals surface area contributed by atoms with Crippen molar-refractivity contribution in [1.29, 1.82) is 0 Å². The Morgan fingerprint density at radius 1 is 1.32 bits per heavy atom. The van der Waals surface area contributed by atoms with Gasteiger partial charge in [-0.15, -0.1) is 0 Å². The molecule has 0 aromatic carbocycles. The fourth-order valence-electron chi connectivity index (χ4n) is 4.84. The number of nitrogens with one attached hydrogen (secondary N) is 1. The highest BCUT2D eigenvalue weighted by Crippen LogP contribution is 2.42. The van der Waals surface area contributed by atoms with Crippen molar-refractivity contribution in [3.8, 4) is 0 Å². The lowest BCUT2D eigenvalue weighted by atomic mass is 9.71. The normalized spacial score (nSPS) is 22.9. The Hall–Kier alpha value is -2.56. The Morgan fingerprint density at radius 2 is 2.00 bits per heavy atom. The molecule has 2 aromatic rings. The lowest BCUT2D eigenvalue weighted by molar-refractivity contribution is -0.109. The number of amides is 1. The Bertz CT molecular complexity index is 1070. The highest BCUT2D eigenvalue weighted by molar-refractivity contribution is 9.10. The van der Waals surface area contributed by atoms with Crippen molar-refractivity contribution in [3.05, 3.63) is 16.7 Å². The zero-order valence-electron chi connectivity index (χ0n) is 20.0. The smallest absolute Gasteiger partial charge is 0.465 e. The van der Waals surface area contributed by atoms with Crippen LogP contribution in [0.25, 0.3) is 5.65 Å². The Morgan fingerprint density at radius 3 is 2.62 bits per heavy atom. The maximum absolute atomic E-state index is 12.3. The molecule has 11 heteroatoms. The minimum atomic E-state index is -1.08. The Labute approximate surface area is 207 Å². The van der Waals surface area contributed by atoms with Gasteiger partial charge in [-0.05, 0) is 75.2 Å². The predicted octanol–water partition coefficient (Wildman–Crippen LogP) is 5.45. The third-order valence-electron chi connectivity index (χ3n) is 6.23. The van der Waals surface area contributed by atoms with Gasteiger partial charge in [-0.1, -0.05) is 12.8 Å². The first-order valence-electron chi connectivity index (χ1n) is 11.7. The molecule has 0 spiro atoms. The van der Waals surface area contributed by atoms with Gasteiger partial charge in [0.15, 0.2) is 5.65 Å². The van der Waals surface area contributed by atoms with E-state index in [2.05, 4.69) is 31.3 Å². The number of anilines is 2. The van der Waals surface area contributed by atoms with E-state index in [1.165, 1.54) is 22.3 Å². The first-order valence-corrected chi connectivity index (χ1v) is 12.4. The summed E-state index contributed by atoms with van der Waals surface area (Å²) in [5, 5.41) is 17.9. The van der Waals surface area contributed by atoms with Crippen LogP contribution in [0.4, 0.5) is 21.2 Å². The summed E-state index contributed by atoms with van der Waals surface area (Å²) in [5.41, 5.74) is -0.753. The maximum Gasteiger partial charge on any atom is 0.509 e. The van der Waals surface area contributed by atoms with Crippen LogP contribution in [0.2, 0.25) is 0 Å². The number of fused-ring (bicyclic) bond motifs is 1.